The molecule has 2 N–H and O–H groups in total. The molecule has 3 heterocycles. The maximum atomic E-state index is 5.69. The first kappa shape index (κ1) is 11.7. The van der Waals surface area contributed by atoms with Crippen LogP contribution in [0, 0.1) is 0 Å². The Morgan fingerprint density at radius 1 is 0.895 bits per heavy atom. The highest BCUT2D eigenvalue weighted by Gasteiger charge is 2.18. The topological polar surface area (TPSA) is 71.2 Å². The van der Waals surface area contributed by atoms with Crippen LogP contribution in [0.1, 0.15) is 0 Å². The zero-order valence-electron chi connectivity index (χ0n) is 10.6. The molecule has 0 aliphatic carbocycles. The molecule has 0 amide bonds. The van der Waals surface area contributed by atoms with E-state index in [9.17, 15) is 0 Å². The summed E-state index contributed by atoms with van der Waals surface area (Å²) in [6.45, 7) is 3.68. The zero-order valence-corrected chi connectivity index (χ0v) is 10.6. The van der Waals surface area contributed by atoms with Gasteiger partial charge < -0.3 is 15.5 Å². The molecule has 2 aromatic rings. The Hall–Kier alpha value is -2.37. The van der Waals surface area contributed by atoms with E-state index in [0.29, 0.717) is 5.82 Å². The van der Waals surface area contributed by atoms with Crippen LogP contribution < -0.4 is 15.5 Å². The molecule has 0 bridgehead atoms. The minimum Gasteiger partial charge on any atom is -0.384 e. The molecule has 1 aliphatic rings. The first-order valence-electron chi connectivity index (χ1n) is 6.31. The quantitative estimate of drug-likeness (QED) is 0.856. The molecular formula is C13H16N6. The number of piperazine rings is 1. The lowest BCUT2D eigenvalue weighted by molar-refractivity contribution is 0.641. The number of rotatable bonds is 2. The molecule has 0 aromatic carbocycles. The van der Waals surface area contributed by atoms with Gasteiger partial charge in [-0.25, -0.2) is 15.0 Å². The van der Waals surface area contributed by atoms with Crippen LogP contribution in [-0.4, -0.2) is 41.1 Å². The first-order chi connectivity index (χ1) is 9.33. The molecule has 19 heavy (non-hydrogen) atoms. The second-order valence-electron chi connectivity index (χ2n) is 4.46. The summed E-state index contributed by atoms with van der Waals surface area (Å²) >= 11 is 0. The smallest absolute Gasteiger partial charge is 0.134 e. The third kappa shape index (κ3) is 2.57. The average Bonchev–Trinajstić information content (AvgIpc) is 2.48. The van der Waals surface area contributed by atoms with Gasteiger partial charge in [-0.05, 0) is 12.1 Å². The van der Waals surface area contributed by atoms with Crippen molar-refractivity contribution in [1.29, 1.82) is 0 Å². The van der Waals surface area contributed by atoms with Crippen LogP contribution in [0.15, 0.2) is 36.8 Å². The lowest BCUT2D eigenvalue weighted by Crippen LogP contribution is -2.47. The molecular weight excluding hydrogens is 240 g/mol. The van der Waals surface area contributed by atoms with Crippen LogP contribution >= 0.6 is 0 Å². The number of hydrogen-bond acceptors (Lipinski definition) is 6. The van der Waals surface area contributed by atoms with E-state index in [1.165, 1.54) is 6.33 Å². The highest BCUT2D eigenvalue weighted by molar-refractivity contribution is 5.48. The first-order valence-corrected chi connectivity index (χ1v) is 6.31. The lowest BCUT2D eigenvalue weighted by Gasteiger charge is -2.35. The van der Waals surface area contributed by atoms with Crippen molar-refractivity contribution in [2.24, 2.45) is 0 Å². The van der Waals surface area contributed by atoms with Crippen molar-refractivity contribution in [3.63, 3.8) is 0 Å². The number of pyridine rings is 1. The van der Waals surface area contributed by atoms with Gasteiger partial charge in [0.1, 0.15) is 23.8 Å². The summed E-state index contributed by atoms with van der Waals surface area (Å²) in [6, 6.07) is 7.80. The van der Waals surface area contributed by atoms with E-state index < -0.39 is 0 Å². The van der Waals surface area contributed by atoms with Gasteiger partial charge in [-0.15, -0.1) is 0 Å². The standard InChI is InChI=1S/C13H16N6/c14-11-9-13(17-10-16-11)19-7-5-18(6-8-19)12-3-1-2-4-15-12/h1-4,9-10H,5-8H2,(H2,14,16,17). The van der Waals surface area contributed by atoms with E-state index in [1.807, 2.05) is 30.5 Å². The minimum atomic E-state index is 0.511. The van der Waals surface area contributed by atoms with Crippen LogP contribution in [-0.2, 0) is 0 Å². The van der Waals surface area contributed by atoms with E-state index in [2.05, 4.69) is 24.8 Å². The maximum Gasteiger partial charge on any atom is 0.134 e. The van der Waals surface area contributed by atoms with Crippen molar-refractivity contribution in [1.82, 2.24) is 15.0 Å². The molecule has 2 aromatic heterocycles. The van der Waals surface area contributed by atoms with Gasteiger partial charge in [0.25, 0.3) is 0 Å². The fourth-order valence-electron chi connectivity index (χ4n) is 2.24. The number of hydrogen-bond donors (Lipinski definition) is 1. The molecule has 1 aliphatic heterocycles. The number of aromatic nitrogens is 3. The Morgan fingerprint density at radius 3 is 2.26 bits per heavy atom. The van der Waals surface area contributed by atoms with Crippen molar-refractivity contribution in [3.05, 3.63) is 36.8 Å². The van der Waals surface area contributed by atoms with Gasteiger partial charge >= 0.3 is 0 Å². The van der Waals surface area contributed by atoms with E-state index in [1.54, 1.807) is 0 Å². The Morgan fingerprint density at radius 2 is 1.63 bits per heavy atom. The maximum absolute atomic E-state index is 5.69. The van der Waals surface area contributed by atoms with Crippen molar-refractivity contribution in [2.75, 3.05) is 41.7 Å². The fraction of sp³-hybridized carbons (Fsp3) is 0.308. The predicted molar refractivity (Wildman–Crippen MR) is 75.1 cm³/mol. The number of nitrogens with zero attached hydrogens (tertiary/aromatic N) is 5. The Kier molecular flexibility index (Phi) is 3.14. The molecule has 1 saturated heterocycles. The molecule has 6 heteroatoms. The average molecular weight is 256 g/mol. The van der Waals surface area contributed by atoms with Gasteiger partial charge in [-0.3, -0.25) is 0 Å². The summed E-state index contributed by atoms with van der Waals surface area (Å²) in [4.78, 5) is 17.1. The molecule has 98 valence electrons. The SMILES string of the molecule is Nc1cc(N2CCN(c3ccccn3)CC2)ncn1. The van der Waals surface area contributed by atoms with Crippen molar-refractivity contribution in [2.45, 2.75) is 0 Å². The Bertz CT molecular complexity index is 536. The lowest BCUT2D eigenvalue weighted by atomic mass is 10.3. The highest BCUT2D eigenvalue weighted by Crippen LogP contribution is 2.17. The van der Waals surface area contributed by atoms with Gasteiger partial charge in [0, 0.05) is 38.4 Å². The number of anilines is 3. The van der Waals surface area contributed by atoms with Crippen LogP contribution in [0.3, 0.4) is 0 Å². The van der Waals surface area contributed by atoms with Crippen molar-refractivity contribution < 1.29 is 0 Å². The molecule has 0 spiro atoms. The number of nitrogens with two attached hydrogens (primary N) is 1. The molecule has 0 unspecified atom stereocenters. The molecule has 3 rings (SSSR count). The van der Waals surface area contributed by atoms with Crippen LogP contribution in [0.4, 0.5) is 17.5 Å². The van der Waals surface area contributed by atoms with E-state index in [0.717, 1.165) is 37.8 Å². The molecule has 0 atom stereocenters. The van der Waals surface area contributed by atoms with Gasteiger partial charge in [0.15, 0.2) is 0 Å². The molecule has 0 saturated carbocycles. The normalized spacial score (nSPS) is 15.6. The Balaban J connectivity index is 1.67. The zero-order chi connectivity index (χ0) is 13.1. The Labute approximate surface area is 111 Å². The molecule has 6 nitrogen and oxygen atoms in total. The third-order valence-electron chi connectivity index (χ3n) is 3.25. The van der Waals surface area contributed by atoms with Crippen LogP contribution in [0.25, 0.3) is 0 Å². The molecule has 1 fully saturated rings. The van der Waals surface area contributed by atoms with Crippen molar-refractivity contribution >= 4 is 17.5 Å². The molecule has 0 radical (unpaired) electrons. The van der Waals surface area contributed by atoms with Gasteiger partial charge in [0.05, 0.1) is 0 Å². The van der Waals surface area contributed by atoms with Gasteiger partial charge in [-0.2, -0.15) is 0 Å². The summed E-state index contributed by atoms with van der Waals surface area (Å²) < 4.78 is 0. The largest absolute Gasteiger partial charge is 0.384 e. The van der Waals surface area contributed by atoms with E-state index in [4.69, 9.17) is 5.73 Å². The monoisotopic (exact) mass is 256 g/mol. The third-order valence-corrected chi connectivity index (χ3v) is 3.25. The summed E-state index contributed by atoms with van der Waals surface area (Å²) in [5.74, 6) is 2.44. The van der Waals surface area contributed by atoms with Gasteiger partial charge in [0.2, 0.25) is 0 Å². The summed E-state index contributed by atoms with van der Waals surface area (Å²) in [5, 5.41) is 0. The van der Waals surface area contributed by atoms with Gasteiger partial charge in [-0.1, -0.05) is 6.07 Å². The number of nitrogen functional groups attached to an aromatic ring is 1. The van der Waals surface area contributed by atoms with E-state index in [-0.39, 0.29) is 0 Å². The second kappa shape index (κ2) is 5.09. The van der Waals surface area contributed by atoms with Crippen LogP contribution in [0.5, 0.6) is 0 Å². The van der Waals surface area contributed by atoms with Crippen molar-refractivity contribution in [3.8, 4) is 0 Å². The summed E-state index contributed by atoms with van der Waals surface area (Å²) in [7, 11) is 0. The van der Waals surface area contributed by atoms with Crippen LogP contribution in [0.2, 0.25) is 0 Å². The predicted octanol–water partition coefficient (Wildman–Crippen LogP) is 0.780. The summed E-state index contributed by atoms with van der Waals surface area (Å²) in [6.07, 6.45) is 3.34. The highest BCUT2D eigenvalue weighted by atomic mass is 15.3. The fourth-order valence-corrected chi connectivity index (χ4v) is 2.24. The summed E-state index contributed by atoms with van der Waals surface area (Å²) in [5.41, 5.74) is 5.69. The minimum absolute atomic E-state index is 0.511. The van der Waals surface area contributed by atoms with E-state index >= 15 is 0 Å². The second-order valence-corrected chi connectivity index (χ2v) is 4.46.